The third-order valence-electron chi connectivity index (χ3n) is 3.16. The lowest BCUT2D eigenvalue weighted by atomic mass is 10.0. The van der Waals surface area contributed by atoms with E-state index in [2.05, 4.69) is 5.32 Å². The van der Waals surface area contributed by atoms with Crippen LogP contribution in [0, 0.1) is 13.8 Å². The number of amides is 1. The summed E-state index contributed by atoms with van der Waals surface area (Å²) in [7, 11) is 0. The highest BCUT2D eigenvalue weighted by Crippen LogP contribution is 2.13. The van der Waals surface area contributed by atoms with Crippen molar-refractivity contribution in [3.63, 3.8) is 0 Å². The van der Waals surface area contributed by atoms with Crippen molar-refractivity contribution in [2.45, 2.75) is 46.1 Å². The first-order valence-corrected chi connectivity index (χ1v) is 6.57. The minimum Gasteiger partial charge on any atom is -0.480 e. The van der Waals surface area contributed by atoms with Gasteiger partial charge in [-0.25, -0.2) is 4.79 Å². The van der Waals surface area contributed by atoms with Gasteiger partial charge in [-0.15, -0.1) is 0 Å². The van der Waals surface area contributed by atoms with Crippen LogP contribution in [-0.2, 0) is 4.79 Å². The summed E-state index contributed by atoms with van der Waals surface area (Å²) in [5.41, 5.74) is 2.29. The number of rotatable bonds is 6. The number of hydrogen-bond acceptors (Lipinski definition) is 2. The molecule has 0 bridgehead atoms. The van der Waals surface area contributed by atoms with Crippen molar-refractivity contribution in [1.29, 1.82) is 0 Å². The van der Waals surface area contributed by atoms with Gasteiger partial charge in [0.1, 0.15) is 6.04 Å². The molecule has 104 valence electrons. The quantitative estimate of drug-likeness (QED) is 0.829. The number of carboxylic acids is 1. The van der Waals surface area contributed by atoms with Gasteiger partial charge in [0, 0.05) is 5.56 Å². The molecule has 19 heavy (non-hydrogen) atoms. The number of unbranched alkanes of at least 4 members (excludes halogenated alkanes) is 1. The Morgan fingerprint density at radius 1 is 1.26 bits per heavy atom. The number of carbonyl (C=O) groups is 2. The summed E-state index contributed by atoms with van der Waals surface area (Å²) in [6.07, 6.45) is 2.15. The van der Waals surface area contributed by atoms with Gasteiger partial charge in [-0.1, -0.05) is 38.0 Å². The third kappa shape index (κ3) is 4.09. The molecule has 1 atom stereocenters. The van der Waals surface area contributed by atoms with Gasteiger partial charge in [-0.05, 0) is 31.4 Å². The van der Waals surface area contributed by atoms with E-state index in [4.69, 9.17) is 5.11 Å². The Morgan fingerprint density at radius 3 is 2.32 bits per heavy atom. The maximum absolute atomic E-state index is 12.2. The lowest BCUT2D eigenvalue weighted by Gasteiger charge is -2.16. The predicted octanol–water partition coefficient (Wildman–Crippen LogP) is 2.68. The summed E-state index contributed by atoms with van der Waals surface area (Å²) in [5.74, 6) is -1.29. The lowest BCUT2D eigenvalue weighted by Crippen LogP contribution is -2.41. The number of nitrogens with one attached hydrogen (secondary N) is 1. The van der Waals surface area contributed by atoms with Gasteiger partial charge in [0.25, 0.3) is 5.91 Å². The monoisotopic (exact) mass is 263 g/mol. The van der Waals surface area contributed by atoms with Crippen molar-refractivity contribution in [2.24, 2.45) is 0 Å². The topological polar surface area (TPSA) is 66.4 Å². The molecule has 2 N–H and O–H groups in total. The zero-order valence-electron chi connectivity index (χ0n) is 11.7. The average molecular weight is 263 g/mol. The Labute approximate surface area is 113 Å². The first-order chi connectivity index (χ1) is 8.97. The molecule has 0 spiro atoms. The van der Waals surface area contributed by atoms with Crippen LogP contribution in [0.15, 0.2) is 18.2 Å². The Hall–Kier alpha value is -1.84. The Bertz CT molecular complexity index is 448. The van der Waals surface area contributed by atoms with Crippen molar-refractivity contribution < 1.29 is 14.7 Å². The van der Waals surface area contributed by atoms with Gasteiger partial charge >= 0.3 is 5.97 Å². The molecule has 0 unspecified atom stereocenters. The summed E-state index contributed by atoms with van der Waals surface area (Å²) >= 11 is 0. The Balaban J connectivity index is 2.85. The molecule has 4 heteroatoms. The smallest absolute Gasteiger partial charge is 0.326 e. The molecule has 1 aromatic carbocycles. The molecular weight excluding hydrogens is 242 g/mol. The summed E-state index contributed by atoms with van der Waals surface area (Å²) in [6, 6.07) is 4.77. The van der Waals surface area contributed by atoms with E-state index < -0.39 is 12.0 Å². The molecule has 0 heterocycles. The Kier molecular flexibility index (Phi) is 5.55. The van der Waals surface area contributed by atoms with Crippen LogP contribution in [-0.4, -0.2) is 23.0 Å². The van der Waals surface area contributed by atoms with Crippen LogP contribution in [0.4, 0.5) is 0 Å². The number of aliphatic carboxylic acids is 1. The minimum atomic E-state index is -0.979. The van der Waals surface area contributed by atoms with Gasteiger partial charge < -0.3 is 10.4 Å². The van der Waals surface area contributed by atoms with Gasteiger partial charge in [-0.2, -0.15) is 0 Å². The van der Waals surface area contributed by atoms with Crippen molar-refractivity contribution in [2.75, 3.05) is 0 Å². The van der Waals surface area contributed by atoms with Crippen LogP contribution >= 0.6 is 0 Å². The largest absolute Gasteiger partial charge is 0.480 e. The highest BCUT2D eigenvalue weighted by Gasteiger charge is 2.21. The highest BCUT2D eigenvalue weighted by atomic mass is 16.4. The fourth-order valence-electron chi connectivity index (χ4n) is 2.07. The molecule has 0 saturated heterocycles. The van der Waals surface area contributed by atoms with Crippen LogP contribution in [0.2, 0.25) is 0 Å². The first-order valence-electron chi connectivity index (χ1n) is 6.57. The molecule has 1 rings (SSSR count). The van der Waals surface area contributed by atoms with E-state index in [0.717, 1.165) is 24.0 Å². The van der Waals surface area contributed by atoms with Gasteiger partial charge in [-0.3, -0.25) is 4.79 Å². The van der Waals surface area contributed by atoms with Crippen LogP contribution in [0.5, 0.6) is 0 Å². The molecule has 1 amide bonds. The van der Waals surface area contributed by atoms with E-state index in [1.807, 2.05) is 39.0 Å². The van der Waals surface area contributed by atoms with E-state index in [1.165, 1.54) is 0 Å². The van der Waals surface area contributed by atoms with Crippen molar-refractivity contribution in [1.82, 2.24) is 5.32 Å². The van der Waals surface area contributed by atoms with E-state index in [9.17, 15) is 9.59 Å². The van der Waals surface area contributed by atoms with E-state index in [1.54, 1.807) is 0 Å². The molecule has 0 aliphatic rings. The molecule has 4 nitrogen and oxygen atoms in total. The minimum absolute atomic E-state index is 0.306. The SMILES string of the molecule is CCCC[C@H](NC(=O)c1c(C)cccc1C)C(=O)O. The first kappa shape index (κ1) is 15.2. The Morgan fingerprint density at radius 2 is 1.84 bits per heavy atom. The second kappa shape index (κ2) is 6.92. The third-order valence-corrected chi connectivity index (χ3v) is 3.16. The summed E-state index contributed by atoms with van der Waals surface area (Å²) in [5, 5.41) is 11.7. The normalized spacial score (nSPS) is 11.9. The highest BCUT2D eigenvalue weighted by molar-refractivity contribution is 5.99. The van der Waals surface area contributed by atoms with Gasteiger partial charge in [0.05, 0.1) is 0 Å². The average Bonchev–Trinajstić information content (AvgIpc) is 2.33. The standard InChI is InChI=1S/C15H21NO3/c1-4-5-9-12(15(18)19)16-14(17)13-10(2)7-6-8-11(13)3/h6-8,12H,4-5,9H2,1-3H3,(H,16,17)(H,18,19)/t12-/m0/s1. The van der Waals surface area contributed by atoms with Gasteiger partial charge in [0.2, 0.25) is 0 Å². The van der Waals surface area contributed by atoms with E-state index in [-0.39, 0.29) is 5.91 Å². The van der Waals surface area contributed by atoms with Crippen LogP contribution < -0.4 is 5.32 Å². The van der Waals surface area contributed by atoms with Crippen molar-refractivity contribution >= 4 is 11.9 Å². The number of benzene rings is 1. The summed E-state index contributed by atoms with van der Waals surface area (Å²) in [6.45, 7) is 5.69. The van der Waals surface area contributed by atoms with Crippen LogP contribution in [0.25, 0.3) is 0 Å². The molecule has 0 saturated carbocycles. The lowest BCUT2D eigenvalue weighted by molar-refractivity contribution is -0.139. The van der Waals surface area contributed by atoms with Gasteiger partial charge in [0.15, 0.2) is 0 Å². The van der Waals surface area contributed by atoms with Crippen LogP contribution in [0.3, 0.4) is 0 Å². The number of hydrogen-bond donors (Lipinski definition) is 2. The van der Waals surface area contributed by atoms with E-state index in [0.29, 0.717) is 12.0 Å². The second-order valence-electron chi connectivity index (χ2n) is 4.77. The number of carbonyl (C=O) groups excluding carboxylic acids is 1. The molecule has 0 fully saturated rings. The summed E-state index contributed by atoms with van der Waals surface area (Å²) in [4.78, 5) is 23.3. The number of carboxylic acid groups (broad SMARTS) is 1. The molecule has 1 aromatic rings. The zero-order chi connectivity index (χ0) is 14.4. The number of aryl methyl sites for hydroxylation is 2. The zero-order valence-corrected chi connectivity index (χ0v) is 11.7. The van der Waals surface area contributed by atoms with Crippen molar-refractivity contribution in [3.8, 4) is 0 Å². The maximum atomic E-state index is 12.2. The maximum Gasteiger partial charge on any atom is 0.326 e. The molecule has 0 aromatic heterocycles. The molecule has 0 aliphatic carbocycles. The van der Waals surface area contributed by atoms with E-state index >= 15 is 0 Å². The fraction of sp³-hybridized carbons (Fsp3) is 0.467. The summed E-state index contributed by atoms with van der Waals surface area (Å²) < 4.78 is 0. The van der Waals surface area contributed by atoms with Crippen molar-refractivity contribution in [3.05, 3.63) is 34.9 Å². The molecule has 0 aliphatic heterocycles. The fourth-order valence-corrected chi connectivity index (χ4v) is 2.07. The molecule has 0 radical (unpaired) electrons. The molecular formula is C15H21NO3. The predicted molar refractivity (Wildman–Crippen MR) is 74.3 cm³/mol. The second-order valence-corrected chi connectivity index (χ2v) is 4.77. The van der Waals surface area contributed by atoms with Crippen LogP contribution in [0.1, 0.15) is 47.7 Å².